The van der Waals surface area contributed by atoms with E-state index >= 15 is 0 Å². The number of carbonyl (C=O) groups is 1. The number of carboxylic acid groups (broad SMARTS) is 1. The molecule has 1 aliphatic rings. The molecular weight excluding hydrogens is 264 g/mol. The maximum absolute atomic E-state index is 11.8. The second kappa shape index (κ2) is 5.35. The van der Waals surface area contributed by atoms with Crippen molar-refractivity contribution in [3.63, 3.8) is 0 Å². The molecule has 2 atom stereocenters. The van der Waals surface area contributed by atoms with E-state index < -0.39 is 11.5 Å². The van der Waals surface area contributed by atoms with E-state index in [1.807, 2.05) is 36.4 Å². The minimum atomic E-state index is -0.882. The summed E-state index contributed by atoms with van der Waals surface area (Å²) in [6.07, 6.45) is 3.34. The molecule has 2 N–H and O–H groups in total. The number of fused-ring (bicyclic) bond motifs is 1. The molecule has 1 heterocycles. The summed E-state index contributed by atoms with van der Waals surface area (Å²) in [4.78, 5) is 16.3. The van der Waals surface area contributed by atoms with Gasteiger partial charge in [-0.05, 0) is 37.0 Å². The normalized spacial score (nSPS) is 25.7. The molecule has 0 saturated heterocycles. The van der Waals surface area contributed by atoms with Gasteiger partial charge in [0.1, 0.15) is 11.4 Å². The van der Waals surface area contributed by atoms with Crippen LogP contribution in [-0.4, -0.2) is 21.6 Å². The van der Waals surface area contributed by atoms with Gasteiger partial charge in [-0.25, -0.2) is 9.78 Å². The van der Waals surface area contributed by atoms with E-state index in [0.717, 1.165) is 23.7 Å². The topological polar surface area (TPSA) is 62.2 Å². The Bertz CT molecular complexity index is 671. The highest BCUT2D eigenvalue weighted by atomic mass is 16.4. The number of anilines is 1. The third-order valence-corrected chi connectivity index (χ3v) is 4.37. The number of carboxylic acids is 1. The fourth-order valence-corrected chi connectivity index (χ4v) is 3.29. The van der Waals surface area contributed by atoms with Gasteiger partial charge in [-0.2, -0.15) is 0 Å². The van der Waals surface area contributed by atoms with Gasteiger partial charge < -0.3 is 10.4 Å². The predicted molar refractivity (Wildman–Crippen MR) is 83.4 cm³/mol. The summed E-state index contributed by atoms with van der Waals surface area (Å²) in [5.41, 5.74) is -0.000436. The summed E-state index contributed by atoms with van der Waals surface area (Å²) in [7, 11) is 0. The number of para-hydroxylation sites is 1. The molecule has 0 spiro atoms. The first-order valence-electron chi connectivity index (χ1n) is 7.46. The van der Waals surface area contributed by atoms with Crippen molar-refractivity contribution in [3.05, 3.63) is 36.4 Å². The van der Waals surface area contributed by atoms with Crippen LogP contribution < -0.4 is 5.32 Å². The zero-order valence-corrected chi connectivity index (χ0v) is 12.2. The highest BCUT2D eigenvalue weighted by Crippen LogP contribution is 2.35. The van der Waals surface area contributed by atoms with Crippen molar-refractivity contribution in [1.82, 2.24) is 4.98 Å². The van der Waals surface area contributed by atoms with E-state index in [0.29, 0.717) is 24.6 Å². The maximum Gasteiger partial charge on any atom is 0.329 e. The van der Waals surface area contributed by atoms with Crippen LogP contribution in [0.5, 0.6) is 0 Å². The molecule has 2 unspecified atom stereocenters. The SMILES string of the molecule is CC1CCCC(Nc2ccc3ccccc3n2)(C(=O)O)C1. The summed E-state index contributed by atoms with van der Waals surface area (Å²) in [6, 6.07) is 11.7. The standard InChI is InChI=1S/C17H20N2O2/c1-12-5-4-10-17(11-12,16(20)21)19-15-9-8-13-6-2-3-7-14(13)18-15/h2-3,6-9,12H,4-5,10-11H2,1H3,(H,18,19)(H,20,21). The maximum atomic E-state index is 11.8. The van der Waals surface area contributed by atoms with Crippen molar-refractivity contribution in [2.75, 3.05) is 5.32 Å². The largest absolute Gasteiger partial charge is 0.480 e. The lowest BCUT2D eigenvalue weighted by molar-refractivity contribution is -0.144. The van der Waals surface area contributed by atoms with Gasteiger partial charge in [0, 0.05) is 5.39 Å². The van der Waals surface area contributed by atoms with Gasteiger partial charge in [0.25, 0.3) is 0 Å². The molecule has 1 saturated carbocycles. The summed E-state index contributed by atoms with van der Waals surface area (Å²) < 4.78 is 0. The first kappa shape index (κ1) is 13.9. The predicted octanol–water partition coefficient (Wildman–Crippen LogP) is 3.68. The van der Waals surface area contributed by atoms with E-state index in [4.69, 9.17) is 0 Å². The Kier molecular flexibility index (Phi) is 3.53. The van der Waals surface area contributed by atoms with Crippen molar-refractivity contribution < 1.29 is 9.90 Å². The average molecular weight is 284 g/mol. The zero-order chi connectivity index (χ0) is 14.9. The number of benzene rings is 1. The molecule has 110 valence electrons. The minimum Gasteiger partial charge on any atom is -0.480 e. The Labute approximate surface area is 124 Å². The molecule has 1 aromatic carbocycles. The summed E-state index contributed by atoms with van der Waals surface area (Å²) >= 11 is 0. The molecule has 4 nitrogen and oxygen atoms in total. The number of nitrogens with zero attached hydrogens (tertiary/aromatic N) is 1. The molecule has 3 rings (SSSR count). The van der Waals surface area contributed by atoms with Crippen LogP contribution in [0, 0.1) is 5.92 Å². The van der Waals surface area contributed by atoms with Gasteiger partial charge in [0.2, 0.25) is 0 Å². The Morgan fingerprint density at radius 2 is 2.14 bits per heavy atom. The first-order valence-corrected chi connectivity index (χ1v) is 7.46. The molecule has 0 radical (unpaired) electrons. The Hall–Kier alpha value is -2.10. The lowest BCUT2D eigenvalue weighted by Crippen LogP contribution is -2.49. The number of rotatable bonds is 3. The molecule has 4 heteroatoms. The third-order valence-electron chi connectivity index (χ3n) is 4.37. The van der Waals surface area contributed by atoms with Gasteiger partial charge in [-0.3, -0.25) is 0 Å². The molecule has 1 aromatic heterocycles. The molecule has 21 heavy (non-hydrogen) atoms. The number of hydrogen-bond acceptors (Lipinski definition) is 3. The minimum absolute atomic E-state index is 0.419. The summed E-state index contributed by atoms with van der Waals surface area (Å²) in [5, 5.41) is 14.0. The Balaban J connectivity index is 1.92. The van der Waals surface area contributed by atoms with Crippen LogP contribution in [-0.2, 0) is 4.79 Å². The van der Waals surface area contributed by atoms with E-state index in [1.165, 1.54) is 0 Å². The molecule has 1 aliphatic carbocycles. The highest BCUT2D eigenvalue weighted by Gasteiger charge is 2.42. The Morgan fingerprint density at radius 3 is 2.90 bits per heavy atom. The second-order valence-corrected chi connectivity index (χ2v) is 6.10. The van der Waals surface area contributed by atoms with E-state index in [2.05, 4.69) is 17.2 Å². The number of aromatic nitrogens is 1. The number of pyridine rings is 1. The van der Waals surface area contributed by atoms with Crippen LogP contribution in [0.2, 0.25) is 0 Å². The van der Waals surface area contributed by atoms with E-state index in [9.17, 15) is 9.90 Å². The molecule has 0 aliphatic heterocycles. The second-order valence-electron chi connectivity index (χ2n) is 6.10. The smallest absolute Gasteiger partial charge is 0.329 e. The van der Waals surface area contributed by atoms with Gasteiger partial charge in [-0.15, -0.1) is 0 Å². The quantitative estimate of drug-likeness (QED) is 0.902. The zero-order valence-electron chi connectivity index (χ0n) is 12.2. The van der Waals surface area contributed by atoms with Crippen LogP contribution in [0.3, 0.4) is 0 Å². The molecule has 0 bridgehead atoms. The molecule has 0 amide bonds. The fourth-order valence-electron chi connectivity index (χ4n) is 3.29. The van der Waals surface area contributed by atoms with E-state index in [1.54, 1.807) is 0 Å². The monoisotopic (exact) mass is 284 g/mol. The number of hydrogen-bond donors (Lipinski definition) is 2. The summed E-state index contributed by atoms with van der Waals surface area (Å²) in [6.45, 7) is 2.12. The fraction of sp³-hybridized carbons (Fsp3) is 0.412. The van der Waals surface area contributed by atoms with Crippen LogP contribution in [0.25, 0.3) is 10.9 Å². The lowest BCUT2D eigenvalue weighted by Gasteiger charge is -2.37. The van der Waals surface area contributed by atoms with Crippen molar-refractivity contribution in [1.29, 1.82) is 0 Å². The van der Waals surface area contributed by atoms with Gasteiger partial charge in [0.05, 0.1) is 5.52 Å². The summed E-state index contributed by atoms with van der Waals surface area (Å²) in [5.74, 6) is 0.289. The molecular formula is C17H20N2O2. The third kappa shape index (κ3) is 2.71. The molecule has 1 fully saturated rings. The number of aliphatic carboxylic acids is 1. The van der Waals surface area contributed by atoms with Gasteiger partial charge in [0.15, 0.2) is 0 Å². The number of nitrogens with one attached hydrogen (secondary N) is 1. The van der Waals surface area contributed by atoms with Crippen molar-refractivity contribution >= 4 is 22.7 Å². The van der Waals surface area contributed by atoms with Crippen molar-refractivity contribution in [2.24, 2.45) is 5.92 Å². The van der Waals surface area contributed by atoms with Gasteiger partial charge >= 0.3 is 5.97 Å². The average Bonchev–Trinajstić information content (AvgIpc) is 2.47. The molecule has 2 aromatic rings. The van der Waals surface area contributed by atoms with Crippen LogP contribution in [0.1, 0.15) is 32.6 Å². The van der Waals surface area contributed by atoms with Crippen molar-refractivity contribution in [3.8, 4) is 0 Å². The van der Waals surface area contributed by atoms with E-state index in [-0.39, 0.29) is 0 Å². The van der Waals surface area contributed by atoms with Crippen molar-refractivity contribution in [2.45, 2.75) is 38.1 Å². The highest BCUT2D eigenvalue weighted by molar-refractivity contribution is 5.84. The van der Waals surface area contributed by atoms with Crippen LogP contribution >= 0.6 is 0 Å². The van der Waals surface area contributed by atoms with Crippen LogP contribution in [0.4, 0.5) is 5.82 Å². The van der Waals surface area contributed by atoms with Crippen LogP contribution in [0.15, 0.2) is 36.4 Å². The Morgan fingerprint density at radius 1 is 1.33 bits per heavy atom. The first-order chi connectivity index (χ1) is 10.1. The lowest BCUT2D eigenvalue weighted by atomic mass is 9.76. The van der Waals surface area contributed by atoms with Gasteiger partial charge in [-0.1, -0.05) is 38.0 Å².